The molecule has 1 aliphatic rings. The fourth-order valence-corrected chi connectivity index (χ4v) is 3.00. The number of rotatable bonds is 4. The first-order chi connectivity index (χ1) is 8.27. The van der Waals surface area contributed by atoms with Gasteiger partial charge in [0, 0.05) is 23.9 Å². The van der Waals surface area contributed by atoms with Gasteiger partial charge in [0.15, 0.2) is 0 Å². The van der Waals surface area contributed by atoms with E-state index < -0.39 is 0 Å². The molecule has 0 amide bonds. The lowest BCUT2D eigenvalue weighted by atomic mass is 9.85. The zero-order chi connectivity index (χ0) is 12.1. The van der Waals surface area contributed by atoms with E-state index in [4.69, 9.17) is 0 Å². The summed E-state index contributed by atoms with van der Waals surface area (Å²) in [6, 6.07) is 4.99. The first kappa shape index (κ1) is 12.7. The van der Waals surface area contributed by atoms with E-state index in [0.717, 1.165) is 11.8 Å². The van der Waals surface area contributed by atoms with Gasteiger partial charge in [0.25, 0.3) is 0 Å². The van der Waals surface area contributed by atoms with Gasteiger partial charge in [-0.2, -0.15) is 0 Å². The second kappa shape index (κ2) is 6.25. The fourth-order valence-electron chi connectivity index (χ4n) is 3.00. The molecule has 1 fully saturated rings. The fraction of sp³-hybridized carbons (Fsp3) is 0.733. The first-order valence-corrected chi connectivity index (χ1v) is 7.14. The maximum atomic E-state index is 3.62. The Hall–Kier alpha value is -0.760. The predicted octanol–water partition coefficient (Wildman–Crippen LogP) is 3.68. The molecule has 2 rings (SSSR count). The highest BCUT2D eigenvalue weighted by Crippen LogP contribution is 2.35. The summed E-state index contributed by atoms with van der Waals surface area (Å²) in [6.45, 7) is 5.64. The van der Waals surface area contributed by atoms with Crippen molar-refractivity contribution in [1.82, 2.24) is 10.3 Å². The molecule has 0 bridgehead atoms. The van der Waals surface area contributed by atoms with Gasteiger partial charge in [-0.3, -0.25) is 0 Å². The molecule has 0 radical (unpaired) electrons. The zero-order valence-electron chi connectivity index (χ0n) is 11.2. The van der Waals surface area contributed by atoms with E-state index in [1.807, 2.05) is 0 Å². The molecule has 0 spiro atoms. The average molecular weight is 234 g/mol. The van der Waals surface area contributed by atoms with Crippen LogP contribution in [0.1, 0.15) is 57.6 Å². The molecule has 2 unspecified atom stereocenters. The molecule has 2 N–H and O–H groups in total. The molecule has 1 aromatic heterocycles. The molecule has 0 aromatic carbocycles. The lowest BCUT2D eigenvalue weighted by Crippen LogP contribution is -2.31. The van der Waals surface area contributed by atoms with Crippen molar-refractivity contribution in [3.8, 4) is 0 Å². The summed E-state index contributed by atoms with van der Waals surface area (Å²) in [7, 11) is 0. The average Bonchev–Trinajstić information content (AvgIpc) is 2.72. The minimum atomic E-state index is 0.600. The van der Waals surface area contributed by atoms with Gasteiger partial charge >= 0.3 is 0 Å². The normalized spacial score (nSPS) is 26.1. The Kier molecular flexibility index (Phi) is 4.66. The number of hydrogen-bond donors (Lipinski definition) is 2. The lowest BCUT2D eigenvalue weighted by Gasteiger charge is -2.25. The highest BCUT2D eigenvalue weighted by Gasteiger charge is 2.25. The maximum Gasteiger partial charge on any atom is 0.0181 e. The largest absolute Gasteiger partial charge is 0.365 e. The Morgan fingerprint density at radius 2 is 2.12 bits per heavy atom. The van der Waals surface area contributed by atoms with Gasteiger partial charge in [0.05, 0.1) is 0 Å². The molecule has 2 heteroatoms. The van der Waals surface area contributed by atoms with E-state index in [2.05, 4.69) is 42.5 Å². The molecular weight excluding hydrogens is 208 g/mol. The van der Waals surface area contributed by atoms with Crippen LogP contribution in [0.25, 0.3) is 0 Å². The first-order valence-electron chi connectivity index (χ1n) is 7.14. The van der Waals surface area contributed by atoms with Crippen LogP contribution in [0.15, 0.2) is 18.3 Å². The Morgan fingerprint density at radius 3 is 2.82 bits per heavy atom. The Morgan fingerprint density at radius 1 is 1.29 bits per heavy atom. The minimum Gasteiger partial charge on any atom is -0.365 e. The quantitative estimate of drug-likeness (QED) is 0.764. The molecule has 1 aliphatic carbocycles. The second-order valence-electron chi connectivity index (χ2n) is 5.69. The third-order valence-corrected chi connectivity index (χ3v) is 3.97. The molecule has 1 aromatic rings. The number of hydrogen-bond acceptors (Lipinski definition) is 1. The molecule has 2 nitrogen and oxygen atoms in total. The second-order valence-corrected chi connectivity index (χ2v) is 5.69. The molecule has 96 valence electrons. The molecular formula is C15H26N2. The van der Waals surface area contributed by atoms with Crippen LogP contribution >= 0.6 is 0 Å². The highest BCUT2D eigenvalue weighted by molar-refractivity contribution is 5.12. The van der Waals surface area contributed by atoms with Crippen molar-refractivity contribution >= 4 is 0 Å². The standard InChI is InChI=1S/C15H26N2/c1-12(2)17-11-13-7-4-3-5-8-14(13)15-9-6-10-16-15/h6,9-10,12-14,16-17H,3-5,7-8,11H2,1-2H3. The summed E-state index contributed by atoms with van der Waals surface area (Å²) in [5.41, 5.74) is 1.45. The van der Waals surface area contributed by atoms with Gasteiger partial charge in [-0.05, 0) is 37.4 Å². The van der Waals surface area contributed by atoms with Crippen molar-refractivity contribution in [1.29, 1.82) is 0 Å². The molecule has 0 aliphatic heterocycles. The van der Waals surface area contributed by atoms with E-state index in [1.54, 1.807) is 0 Å². The van der Waals surface area contributed by atoms with Crippen LogP contribution in [0.4, 0.5) is 0 Å². The van der Waals surface area contributed by atoms with Crippen molar-refractivity contribution in [2.75, 3.05) is 6.54 Å². The van der Waals surface area contributed by atoms with Crippen LogP contribution < -0.4 is 5.32 Å². The summed E-state index contributed by atoms with van der Waals surface area (Å²) in [5, 5.41) is 3.62. The predicted molar refractivity (Wildman–Crippen MR) is 73.2 cm³/mol. The van der Waals surface area contributed by atoms with Crippen LogP contribution in [0.2, 0.25) is 0 Å². The molecule has 17 heavy (non-hydrogen) atoms. The van der Waals surface area contributed by atoms with Crippen LogP contribution in [-0.2, 0) is 0 Å². The zero-order valence-corrected chi connectivity index (χ0v) is 11.2. The maximum absolute atomic E-state index is 3.62. The van der Waals surface area contributed by atoms with Gasteiger partial charge < -0.3 is 10.3 Å². The monoisotopic (exact) mass is 234 g/mol. The molecule has 2 atom stereocenters. The van der Waals surface area contributed by atoms with E-state index in [1.165, 1.54) is 44.3 Å². The molecule has 1 heterocycles. The van der Waals surface area contributed by atoms with Crippen LogP contribution in [-0.4, -0.2) is 17.6 Å². The van der Waals surface area contributed by atoms with Crippen LogP contribution in [0, 0.1) is 5.92 Å². The van der Waals surface area contributed by atoms with Crippen molar-refractivity contribution < 1.29 is 0 Å². The number of H-pyrrole nitrogens is 1. The summed E-state index contributed by atoms with van der Waals surface area (Å²) in [5.74, 6) is 1.54. The SMILES string of the molecule is CC(C)NCC1CCCCCC1c1ccc[nH]1. The van der Waals surface area contributed by atoms with E-state index in [-0.39, 0.29) is 0 Å². The lowest BCUT2D eigenvalue weighted by molar-refractivity contribution is 0.359. The third kappa shape index (κ3) is 3.60. The van der Waals surface area contributed by atoms with Crippen molar-refractivity contribution in [2.45, 2.75) is 57.9 Å². The van der Waals surface area contributed by atoms with Gasteiger partial charge in [-0.25, -0.2) is 0 Å². The minimum absolute atomic E-state index is 0.600. The summed E-state index contributed by atoms with van der Waals surface area (Å²) in [6.07, 6.45) is 9.00. The highest BCUT2D eigenvalue weighted by atomic mass is 14.9. The summed E-state index contributed by atoms with van der Waals surface area (Å²) in [4.78, 5) is 3.42. The van der Waals surface area contributed by atoms with Gasteiger partial charge in [-0.1, -0.05) is 33.1 Å². The number of nitrogens with one attached hydrogen (secondary N) is 2. The molecule has 1 saturated carbocycles. The topological polar surface area (TPSA) is 27.8 Å². The molecule has 0 saturated heterocycles. The summed E-state index contributed by atoms with van der Waals surface area (Å²) >= 11 is 0. The summed E-state index contributed by atoms with van der Waals surface area (Å²) < 4.78 is 0. The van der Waals surface area contributed by atoms with Crippen molar-refractivity contribution in [2.24, 2.45) is 5.92 Å². The van der Waals surface area contributed by atoms with E-state index >= 15 is 0 Å². The van der Waals surface area contributed by atoms with E-state index in [0.29, 0.717) is 6.04 Å². The number of aromatic nitrogens is 1. The third-order valence-electron chi connectivity index (χ3n) is 3.97. The van der Waals surface area contributed by atoms with Gasteiger partial charge in [0.1, 0.15) is 0 Å². The van der Waals surface area contributed by atoms with Crippen LogP contribution in [0.5, 0.6) is 0 Å². The van der Waals surface area contributed by atoms with Gasteiger partial charge in [-0.15, -0.1) is 0 Å². The Bertz CT molecular complexity index is 303. The van der Waals surface area contributed by atoms with Gasteiger partial charge in [0.2, 0.25) is 0 Å². The smallest absolute Gasteiger partial charge is 0.0181 e. The number of aromatic amines is 1. The van der Waals surface area contributed by atoms with E-state index in [9.17, 15) is 0 Å². The van der Waals surface area contributed by atoms with Crippen molar-refractivity contribution in [3.63, 3.8) is 0 Å². The Labute approximate surface area is 105 Å². The Balaban J connectivity index is 2.02. The van der Waals surface area contributed by atoms with Crippen molar-refractivity contribution in [3.05, 3.63) is 24.0 Å². The van der Waals surface area contributed by atoms with Crippen LogP contribution in [0.3, 0.4) is 0 Å².